The van der Waals surface area contributed by atoms with Gasteiger partial charge >= 0.3 is 0 Å². The lowest BCUT2D eigenvalue weighted by Crippen LogP contribution is -2.26. The third-order valence-corrected chi connectivity index (χ3v) is 6.58. The Hall–Kier alpha value is -3.38. The molecule has 1 unspecified atom stereocenters. The molecule has 0 aliphatic rings. The number of aromatic nitrogens is 2. The smallest absolute Gasteiger partial charge is 0.266 e. The number of aryl methyl sites for hydroxylation is 1. The molecule has 0 aliphatic heterocycles. The van der Waals surface area contributed by atoms with E-state index in [1.807, 2.05) is 80.6 Å². The fourth-order valence-electron chi connectivity index (χ4n) is 3.67. The highest BCUT2D eigenvalue weighted by molar-refractivity contribution is 8.00. The van der Waals surface area contributed by atoms with E-state index in [0.29, 0.717) is 22.0 Å². The Balaban J connectivity index is 1.70. The molecule has 1 amide bonds. The second-order valence-electron chi connectivity index (χ2n) is 8.38. The molecule has 0 aliphatic carbocycles. The number of carbonyl (C=O) groups excluding carboxylic acids is 1. The fraction of sp³-hybridized carbons (Fsp3) is 0.222. The van der Waals surface area contributed by atoms with Gasteiger partial charge in [0.15, 0.2) is 5.16 Å². The fourth-order valence-corrected chi connectivity index (χ4v) is 4.60. The van der Waals surface area contributed by atoms with Crippen molar-refractivity contribution in [2.24, 2.45) is 0 Å². The molecule has 4 aromatic rings. The van der Waals surface area contributed by atoms with Crippen molar-refractivity contribution < 1.29 is 4.79 Å². The summed E-state index contributed by atoms with van der Waals surface area (Å²) in [6.07, 6.45) is 0. The van der Waals surface area contributed by atoms with Crippen LogP contribution in [0.15, 0.2) is 82.7 Å². The normalized spacial score (nSPS) is 12.2. The maximum absolute atomic E-state index is 13.4. The van der Waals surface area contributed by atoms with Crippen molar-refractivity contribution in [3.8, 4) is 5.69 Å². The van der Waals surface area contributed by atoms with Crippen molar-refractivity contribution in [1.29, 1.82) is 0 Å². The van der Waals surface area contributed by atoms with Gasteiger partial charge in [-0.15, -0.1) is 0 Å². The second kappa shape index (κ2) is 9.63. The predicted molar refractivity (Wildman–Crippen MR) is 137 cm³/mol. The molecule has 0 saturated carbocycles. The molecule has 1 aromatic heterocycles. The van der Waals surface area contributed by atoms with Gasteiger partial charge in [0.25, 0.3) is 5.56 Å². The molecule has 1 heterocycles. The largest absolute Gasteiger partial charge is 0.325 e. The highest BCUT2D eigenvalue weighted by atomic mass is 32.2. The van der Waals surface area contributed by atoms with Gasteiger partial charge in [0, 0.05) is 5.69 Å². The first-order valence-electron chi connectivity index (χ1n) is 11.0. The summed E-state index contributed by atoms with van der Waals surface area (Å²) in [5.41, 5.74) is 4.20. The molecule has 1 N–H and O–H groups in total. The van der Waals surface area contributed by atoms with E-state index in [-0.39, 0.29) is 11.5 Å². The zero-order valence-electron chi connectivity index (χ0n) is 19.2. The van der Waals surface area contributed by atoms with E-state index >= 15 is 0 Å². The third-order valence-electron chi connectivity index (χ3n) is 5.53. The lowest BCUT2D eigenvalue weighted by molar-refractivity contribution is -0.115. The summed E-state index contributed by atoms with van der Waals surface area (Å²) in [5.74, 6) is 0.157. The van der Waals surface area contributed by atoms with Gasteiger partial charge in [0.05, 0.1) is 21.8 Å². The first-order valence-corrected chi connectivity index (χ1v) is 11.9. The zero-order chi connectivity index (χ0) is 23.5. The number of anilines is 1. The minimum atomic E-state index is -0.463. The van der Waals surface area contributed by atoms with Crippen molar-refractivity contribution >= 4 is 34.3 Å². The average molecular weight is 458 g/mol. The van der Waals surface area contributed by atoms with Gasteiger partial charge in [-0.25, -0.2) is 4.98 Å². The van der Waals surface area contributed by atoms with Gasteiger partial charge < -0.3 is 5.32 Å². The van der Waals surface area contributed by atoms with Crippen molar-refractivity contribution in [2.45, 2.75) is 44.0 Å². The van der Waals surface area contributed by atoms with E-state index in [9.17, 15) is 9.59 Å². The average Bonchev–Trinajstić information content (AvgIpc) is 2.80. The molecule has 1 atom stereocenters. The van der Waals surface area contributed by atoms with Crippen molar-refractivity contribution in [3.63, 3.8) is 0 Å². The first-order chi connectivity index (χ1) is 15.8. The summed E-state index contributed by atoms with van der Waals surface area (Å²) in [4.78, 5) is 31.2. The summed E-state index contributed by atoms with van der Waals surface area (Å²) < 4.78 is 1.60. The van der Waals surface area contributed by atoms with Gasteiger partial charge in [-0.3, -0.25) is 14.2 Å². The van der Waals surface area contributed by atoms with Crippen LogP contribution in [0, 0.1) is 6.92 Å². The van der Waals surface area contributed by atoms with E-state index in [2.05, 4.69) is 19.2 Å². The maximum atomic E-state index is 13.4. The standard InChI is InChI=1S/C27H27N3O2S/c1-17(2)21-9-5-7-11-23(21)28-25(31)19(4)33-27-29-24-12-8-6-10-22(24)26(32)30(27)20-15-13-18(3)14-16-20/h5-17,19H,1-4H3,(H,28,31). The molecular formula is C27H27N3O2S. The lowest BCUT2D eigenvalue weighted by Gasteiger charge is -2.18. The van der Waals surface area contributed by atoms with Crippen LogP contribution >= 0.6 is 11.8 Å². The van der Waals surface area contributed by atoms with Gasteiger partial charge in [-0.2, -0.15) is 0 Å². The van der Waals surface area contributed by atoms with E-state index < -0.39 is 5.25 Å². The van der Waals surface area contributed by atoms with E-state index in [1.165, 1.54) is 11.8 Å². The summed E-state index contributed by atoms with van der Waals surface area (Å²) in [6, 6.07) is 22.9. The summed E-state index contributed by atoms with van der Waals surface area (Å²) in [7, 11) is 0. The Kier molecular flexibility index (Phi) is 6.65. The molecule has 4 rings (SSSR count). The van der Waals surface area contributed by atoms with Crippen molar-refractivity contribution in [1.82, 2.24) is 9.55 Å². The quantitative estimate of drug-likeness (QED) is 0.288. The molecule has 0 fully saturated rings. The Morgan fingerprint density at radius 2 is 1.61 bits per heavy atom. The van der Waals surface area contributed by atoms with Crippen LogP contribution in [0.25, 0.3) is 16.6 Å². The third kappa shape index (κ3) is 4.86. The summed E-state index contributed by atoms with van der Waals surface area (Å²) in [5, 5.41) is 3.63. The number of fused-ring (bicyclic) bond motifs is 1. The number of para-hydroxylation sites is 2. The van der Waals surface area contributed by atoms with Crippen molar-refractivity contribution in [2.75, 3.05) is 5.32 Å². The molecular weight excluding hydrogens is 430 g/mol. The molecule has 5 nitrogen and oxygen atoms in total. The number of benzene rings is 3. The van der Waals surface area contributed by atoms with E-state index in [0.717, 1.165) is 22.5 Å². The number of hydrogen-bond acceptors (Lipinski definition) is 4. The number of rotatable bonds is 6. The number of amides is 1. The van der Waals surface area contributed by atoms with Crippen LogP contribution in [0.2, 0.25) is 0 Å². The van der Waals surface area contributed by atoms with Gasteiger partial charge in [-0.1, -0.05) is 73.6 Å². The van der Waals surface area contributed by atoms with Gasteiger partial charge in [0.1, 0.15) is 0 Å². The Morgan fingerprint density at radius 3 is 2.33 bits per heavy atom. The zero-order valence-corrected chi connectivity index (χ0v) is 20.0. The molecule has 3 aromatic carbocycles. The van der Waals surface area contributed by atoms with Crippen LogP contribution in [0.5, 0.6) is 0 Å². The maximum Gasteiger partial charge on any atom is 0.266 e. The van der Waals surface area contributed by atoms with Crippen LogP contribution in [-0.2, 0) is 4.79 Å². The van der Waals surface area contributed by atoms with Crippen LogP contribution in [0.3, 0.4) is 0 Å². The molecule has 0 saturated heterocycles. The predicted octanol–water partition coefficient (Wildman–Crippen LogP) is 5.94. The number of hydrogen-bond donors (Lipinski definition) is 1. The first kappa shape index (κ1) is 22.8. The van der Waals surface area contributed by atoms with Crippen LogP contribution < -0.4 is 10.9 Å². The van der Waals surface area contributed by atoms with Gasteiger partial charge in [0.2, 0.25) is 5.91 Å². The number of thioether (sulfide) groups is 1. The molecule has 33 heavy (non-hydrogen) atoms. The highest BCUT2D eigenvalue weighted by Gasteiger charge is 2.21. The molecule has 6 heteroatoms. The Bertz CT molecular complexity index is 1360. The lowest BCUT2D eigenvalue weighted by atomic mass is 10.0. The minimum Gasteiger partial charge on any atom is -0.325 e. The SMILES string of the molecule is Cc1ccc(-n2c(SC(C)C(=O)Nc3ccccc3C(C)C)nc3ccccc3c2=O)cc1. The number of nitrogens with zero attached hydrogens (tertiary/aromatic N) is 2. The monoisotopic (exact) mass is 457 g/mol. The molecule has 0 spiro atoms. The van der Waals surface area contributed by atoms with E-state index in [1.54, 1.807) is 10.6 Å². The topological polar surface area (TPSA) is 64.0 Å². The molecule has 168 valence electrons. The molecule has 0 bridgehead atoms. The van der Waals surface area contributed by atoms with Crippen LogP contribution in [-0.4, -0.2) is 20.7 Å². The minimum absolute atomic E-state index is 0.133. The number of carbonyl (C=O) groups is 1. The molecule has 0 radical (unpaired) electrons. The highest BCUT2D eigenvalue weighted by Crippen LogP contribution is 2.28. The van der Waals surface area contributed by atoms with Crippen molar-refractivity contribution in [3.05, 3.63) is 94.3 Å². The van der Waals surface area contributed by atoms with E-state index in [4.69, 9.17) is 4.98 Å². The van der Waals surface area contributed by atoms with Gasteiger partial charge in [-0.05, 0) is 55.7 Å². The number of nitrogens with one attached hydrogen (secondary N) is 1. The summed E-state index contributed by atoms with van der Waals surface area (Å²) >= 11 is 1.28. The second-order valence-corrected chi connectivity index (χ2v) is 9.69. The van der Waals surface area contributed by atoms with Crippen LogP contribution in [0.4, 0.5) is 5.69 Å². The summed E-state index contributed by atoms with van der Waals surface area (Å²) in [6.45, 7) is 8.03. The Labute approximate surface area is 197 Å². The van der Waals surface area contributed by atoms with Crippen LogP contribution in [0.1, 0.15) is 37.8 Å². The Morgan fingerprint density at radius 1 is 0.939 bits per heavy atom.